The van der Waals surface area contributed by atoms with E-state index in [1.54, 1.807) is 25.3 Å². The van der Waals surface area contributed by atoms with Crippen LogP contribution in [-0.4, -0.2) is 10.8 Å². The van der Waals surface area contributed by atoms with Crippen LogP contribution in [0.15, 0.2) is 52.5 Å². The lowest BCUT2D eigenvalue weighted by molar-refractivity contribution is 0.101. The van der Waals surface area contributed by atoms with E-state index in [1.165, 1.54) is 11.8 Å². The van der Waals surface area contributed by atoms with Gasteiger partial charge in [0.15, 0.2) is 5.78 Å². The second kappa shape index (κ2) is 5.34. The van der Waals surface area contributed by atoms with E-state index in [0.717, 1.165) is 4.90 Å². The summed E-state index contributed by atoms with van der Waals surface area (Å²) < 4.78 is 0. The molecule has 1 heterocycles. The van der Waals surface area contributed by atoms with E-state index in [2.05, 4.69) is 4.98 Å². The Kier molecular flexibility index (Phi) is 3.82. The number of hydrogen-bond donors (Lipinski definition) is 0. The van der Waals surface area contributed by atoms with E-state index in [9.17, 15) is 4.79 Å². The molecule has 1 aromatic heterocycles. The normalized spacial score (nSPS) is 10.2. The fourth-order valence-electron chi connectivity index (χ4n) is 1.38. The van der Waals surface area contributed by atoms with Crippen LogP contribution < -0.4 is 0 Å². The van der Waals surface area contributed by atoms with Crippen LogP contribution in [-0.2, 0) is 0 Å². The van der Waals surface area contributed by atoms with E-state index in [-0.39, 0.29) is 5.78 Å². The third kappa shape index (κ3) is 3.08. The highest BCUT2D eigenvalue weighted by atomic mass is 35.5. The first-order valence-electron chi connectivity index (χ1n) is 5.06. The van der Waals surface area contributed by atoms with Crippen LogP contribution in [0.5, 0.6) is 0 Å². The summed E-state index contributed by atoms with van der Waals surface area (Å²) in [6, 6.07) is 11.0. The molecule has 86 valence electrons. The van der Waals surface area contributed by atoms with Crippen LogP contribution in [0, 0.1) is 0 Å². The van der Waals surface area contributed by atoms with Crippen molar-refractivity contribution in [2.45, 2.75) is 16.8 Å². The Morgan fingerprint density at radius 3 is 2.82 bits per heavy atom. The summed E-state index contributed by atoms with van der Waals surface area (Å²) >= 11 is 7.35. The van der Waals surface area contributed by atoms with Gasteiger partial charge in [0.25, 0.3) is 0 Å². The molecule has 0 saturated heterocycles. The topological polar surface area (TPSA) is 30.0 Å². The van der Waals surface area contributed by atoms with E-state index in [0.29, 0.717) is 15.6 Å². The molecule has 2 nitrogen and oxygen atoms in total. The minimum atomic E-state index is 0.0163. The van der Waals surface area contributed by atoms with Crippen molar-refractivity contribution in [3.8, 4) is 0 Å². The maximum absolute atomic E-state index is 11.4. The lowest BCUT2D eigenvalue weighted by Crippen LogP contribution is -1.96. The number of carbonyl (C=O) groups is 1. The van der Waals surface area contributed by atoms with Crippen molar-refractivity contribution in [2.75, 3.05) is 0 Å². The van der Waals surface area contributed by atoms with E-state index < -0.39 is 0 Å². The first-order chi connectivity index (χ1) is 8.16. The number of hydrogen-bond acceptors (Lipinski definition) is 3. The monoisotopic (exact) mass is 263 g/mol. The molecule has 2 aromatic rings. The Balaban J connectivity index is 2.33. The van der Waals surface area contributed by atoms with Gasteiger partial charge >= 0.3 is 0 Å². The number of pyridine rings is 1. The standard InChI is InChI=1S/C13H10ClNOS/c1-9(16)12-6-3-7-15-13(12)17-11-5-2-4-10(14)8-11/h2-8H,1H3. The second-order valence-electron chi connectivity index (χ2n) is 3.47. The van der Waals surface area contributed by atoms with Gasteiger partial charge in [-0.2, -0.15) is 0 Å². The minimum Gasteiger partial charge on any atom is -0.294 e. The number of rotatable bonds is 3. The summed E-state index contributed by atoms with van der Waals surface area (Å²) in [5, 5.41) is 1.39. The fraction of sp³-hybridized carbons (Fsp3) is 0.0769. The second-order valence-corrected chi connectivity index (χ2v) is 4.97. The average molecular weight is 264 g/mol. The predicted molar refractivity (Wildman–Crippen MR) is 69.8 cm³/mol. The van der Waals surface area contributed by atoms with Crippen LogP contribution in [0.2, 0.25) is 5.02 Å². The maximum atomic E-state index is 11.4. The molecule has 0 spiro atoms. The molecule has 0 atom stereocenters. The number of halogens is 1. The largest absolute Gasteiger partial charge is 0.294 e. The Morgan fingerprint density at radius 1 is 1.29 bits per heavy atom. The van der Waals surface area contributed by atoms with Crippen molar-refractivity contribution >= 4 is 29.1 Å². The van der Waals surface area contributed by atoms with Gasteiger partial charge in [-0.3, -0.25) is 4.79 Å². The first-order valence-corrected chi connectivity index (χ1v) is 6.25. The van der Waals surface area contributed by atoms with E-state index >= 15 is 0 Å². The van der Waals surface area contributed by atoms with E-state index in [4.69, 9.17) is 11.6 Å². The van der Waals surface area contributed by atoms with Gasteiger partial charge in [-0.25, -0.2) is 4.98 Å². The van der Waals surface area contributed by atoms with Crippen LogP contribution >= 0.6 is 23.4 Å². The molecule has 0 aliphatic rings. The number of ketones is 1. The highest BCUT2D eigenvalue weighted by molar-refractivity contribution is 7.99. The zero-order valence-corrected chi connectivity index (χ0v) is 10.8. The fourth-order valence-corrected chi connectivity index (χ4v) is 2.63. The molecular weight excluding hydrogens is 254 g/mol. The minimum absolute atomic E-state index is 0.0163. The Hall–Kier alpha value is -1.32. The summed E-state index contributed by atoms with van der Waals surface area (Å²) in [4.78, 5) is 16.6. The highest BCUT2D eigenvalue weighted by Crippen LogP contribution is 2.30. The van der Waals surface area contributed by atoms with Gasteiger partial charge in [0.05, 0.1) is 0 Å². The third-order valence-corrected chi connectivity index (χ3v) is 3.40. The number of benzene rings is 1. The van der Waals surface area contributed by atoms with Crippen LogP contribution in [0.25, 0.3) is 0 Å². The Labute approximate surface area is 109 Å². The molecule has 0 aliphatic heterocycles. The van der Waals surface area contributed by atoms with Gasteiger partial charge in [-0.1, -0.05) is 29.4 Å². The molecule has 4 heteroatoms. The predicted octanol–water partition coefficient (Wildman–Crippen LogP) is 4.09. The highest BCUT2D eigenvalue weighted by Gasteiger charge is 2.09. The molecule has 0 unspecified atom stereocenters. The molecule has 0 fully saturated rings. The van der Waals surface area contributed by atoms with Crippen molar-refractivity contribution in [1.82, 2.24) is 4.98 Å². The van der Waals surface area contributed by atoms with Crippen molar-refractivity contribution in [2.24, 2.45) is 0 Å². The molecule has 0 radical (unpaired) electrons. The van der Waals surface area contributed by atoms with E-state index in [1.807, 2.05) is 24.3 Å². The summed E-state index contributed by atoms with van der Waals surface area (Å²) in [5.41, 5.74) is 0.637. The van der Waals surface area contributed by atoms with Gasteiger partial charge in [-0.15, -0.1) is 0 Å². The number of carbonyl (C=O) groups excluding carboxylic acids is 1. The van der Waals surface area contributed by atoms with Crippen LogP contribution in [0.3, 0.4) is 0 Å². The van der Waals surface area contributed by atoms with Crippen molar-refractivity contribution in [1.29, 1.82) is 0 Å². The zero-order valence-electron chi connectivity index (χ0n) is 9.18. The van der Waals surface area contributed by atoms with Crippen molar-refractivity contribution in [3.63, 3.8) is 0 Å². The first kappa shape index (κ1) is 12.1. The molecule has 1 aromatic carbocycles. The van der Waals surface area contributed by atoms with Gasteiger partial charge in [0.1, 0.15) is 5.03 Å². The quantitative estimate of drug-likeness (QED) is 0.782. The number of aromatic nitrogens is 1. The molecule has 0 aliphatic carbocycles. The van der Waals surface area contributed by atoms with Crippen LogP contribution in [0.4, 0.5) is 0 Å². The molecule has 0 N–H and O–H groups in total. The molecule has 0 bridgehead atoms. The molecule has 17 heavy (non-hydrogen) atoms. The smallest absolute Gasteiger partial charge is 0.162 e. The van der Waals surface area contributed by atoms with Crippen LogP contribution in [0.1, 0.15) is 17.3 Å². The van der Waals surface area contributed by atoms with Crippen molar-refractivity contribution in [3.05, 3.63) is 53.2 Å². The summed E-state index contributed by atoms with van der Waals surface area (Å²) in [6.07, 6.45) is 1.68. The Morgan fingerprint density at radius 2 is 2.12 bits per heavy atom. The van der Waals surface area contributed by atoms with Gasteiger partial charge in [0, 0.05) is 21.7 Å². The SMILES string of the molecule is CC(=O)c1cccnc1Sc1cccc(Cl)c1. The third-order valence-electron chi connectivity index (χ3n) is 2.16. The maximum Gasteiger partial charge on any atom is 0.162 e. The Bertz CT molecular complexity index is 557. The van der Waals surface area contributed by atoms with Gasteiger partial charge in [0.2, 0.25) is 0 Å². The lowest BCUT2D eigenvalue weighted by Gasteiger charge is -2.05. The van der Waals surface area contributed by atoms with Gasteiger partial charge < -0.3 is 0 Å². The summed E-state index contributed by atoms with van der Waals surface area (Å²) in [7, 11) is 0. The molecular formula is C13H10ClNOS. The average Bonchev–Trinajstić information content (AvgIpc) is 2.29. The number of nitrogens with zero attached hydrogens (tertiary/aromatic N) is 1. The molecule has 0 amide bonds. The molecule has 2 rings (SSSR count). The zero-order chi connectivity index (χ0) is 12.3. The van der Waals surface area contributed by atoms with Crippen molar-refractivity contribution < 1.29 is 4.79 Å². The number of Topliss-reactive ketones (excluding diaryl/α,β-unsaturated/α-hetero) is 1. The summed E-state index contributed by atoms with van der Waals surface area (Å²) in [5.74, 6) is 0.0163. The summed E-state index contributed by atoms with van der Waals surface area (Å²) in [6.45, 7) is 1.54. The lowest BCUT2D eigenvalue weighted by atomic mass is 10.2. The van der Waals surface area contributed by atoms with Gasteiger partial charge in [-0.05, 0) is 37.3 Å². The molecule has 0 saturated carbocycles.